The van der Waals surface area contributed by atoms with Gasteiger partial charge < -0.3 is 46.9 Å². The third-order valence-electron chi connectivity index (χ3n) is 16.8. The van der Waals surface area contributed by atoms with Gasteiger partial charge in [0.2, 0.25) is 23.3 Å². The number of aliphatic hydroxyl groups is 1. The van der Waals surface area contributed by atoms with Crippen LogP contribution >= 0.6 is 0 Å². The average molecular weight is 1390 g/mol. The smallest absolute Gasteiger partial charge is 0.335 e. The number of aromatic carboxylic acids is 1. The summed E-state index contributed by atoms with van der Waals surface area (Å²) in [6.45, 7) is 16.1. The number of fused-ring (bicyclic) bond motifs is 4. The number of anilines is 2. The van der Waals surface area contributed by atoms with Crippen LogP contribution in [-0.4, -0.2) is 97.3 Å². The van der Waals surface area contributed by atoms with Crippen LogP contribution in [0, 0.1) is 65.9 Å². The van der Waals surface area contributed by atoms with Gasteiger partial charge in [0.05, 0.1) is 62.0 Å². The number of carboxylic acid groups (broad SMARTS) is 1. The molecule has 12 aromatic rings. The molecule has 0 bridgehead atoms. The fraction of sp³-hybridized carbons (Fsp3) is 0.270. The maximum atomic E-state index is 13.9. The summed E-state index contributed by atoms with van der Waals surface area (Å²) in [5.74, 6) is 1.20. The van der Waals surface area contributed by atoms with E-state index in [2.05, 4.69) is 45.4 Å². The predicted octanol–water partition coefficient (Wildman–Crippen LogP) is 13.4. The number of nitrogens with one attached hydrogen (secondary N) is 1. The largest absolute Gasteiger partial charge is 0.504 e. The molecule has 0 spiro atoms. The van der Waals surface area contributed by atoms with Crippen LogP contribution in [0.4, 0.5) is 45.2 Å². The highest BCUT2D eigenvalue weighted by molar-refractivity contribution is 6.04. The highest BCUT2D eigenvalue weighted by Crippen LogP contribution is 2.37. The van der Waals surface area contributed by atoms with Gasteiger partial charge in [0.15, 0.2) is 11.3 Å². The molecule has 524 valence electrons. The summed E-state index contributed by atoms with van der Waals surface area (Å²) in [4.78, 5) is 39.0. The van der Waals surface area contributed by atoms with Crippen molar-refractivity contribution in [2.24, 2.45) is 43.5 Å². The van der Waals surface area contributed by atoms with E-state index in [0.717, 1.165) is 93.0 Å². The van der Waals surface area contributed by atoms with E-state index in [1.807, 2.05) is 37.4 Å². The van der Waals surface area contributed by atoms with Crippen LogP contribution in [-0.2, 0) is 27.2 Å². The van der Waals surface area contributed by atoms with E-state index < -0.39 is 23.4 Å². The Hall–Kier alpha value is -12.0. The lowest BCUT2D eigenvalue weighted by molar-refractivity contribution is 0.0696. The van der Waals surface area contributed by atoms with Crippen LogP contribution in [0.25, 0.3) is 65.0 Å². The molecule has 4 saturated carbocycles. The Kier molecular flexibility index (Phi) is 22.6. The molecule has 4 aliphatic rings. The second-order valence-corrected chi connectivity index (χ2v) is 24.8. The van der Waals surface area contributed by atoms with Gasteiger partial charge in [-0.3, -0.25) is 14.2 Å². The third kappa shape index (κ3) is 18.8. The number of benzene rings is 6. The molecule has 4 aliphatic carbocycles. The number of nitrogens with two attached hydrogens (primary N) is 3. The zero-order chi connectivity index (χ0) is 72.1. The molecule has 0 saturated heterocycles. The Morgan fingerprint density at radius 1 is 0.559 bits per heavy atom. The zero-order valence-corrected chi connectivity index (χ0v) is 55.5. The standard InChI is InChI=1S/C26H24FN7O2.C15H12N6O2.C11H10FNO.C11H14FNO.C7H3F2N.C4H8O/c1-33-22-10-17(25(35)29-12-18-8-19(27)4-5-23(18)36-14-15-2-3-15)9-20(21(22)13-30-33)16-6-7-34-24(11-16)31-26(28)32-34;1-20-12-5-9(14(22)23)4-10(11(12)7-17-20)8-2-3-21-13(6-8)18-15(16)19-21;1-13-10-6-9(12)4-5-11(10)14-7-8-2-3-8;12-10-3-4-11(9(5-10)6-13)14-7-8-1-2-8;1-10-7-4-5(8)2-3-6(7)9;5-3-4-1-2-4/h4-11,13,15H,2-3,12,14H2,1H3,(H2,28,32)(H,29,35);2-7H,1H3,(H2,16,19)(H,22,23);4-6,8H,2-3,7H2;3-5,8H,1-2,6-7,13H2;2-4H;4-5H,1-3H2. The summed E-state index contributed by atoms with van der Waals surface area (Å²) in [5, 5.41) is 39.0. The van der Waals surface area contributed by atoms with Gasteiger partial charge in [0.25, 0.3) is 5.91 Å². The fourth-order valence-electron chi connectivity index (χ4n) is 10.4. The lowest BCUT2D eigenvalue weighted by Gasteiger charge is -2.13. The van der Waals surface area contributed by atoms with Crippen LogP contribution in [0.5, 0.6) is 17.2 Å². The molecule has 23 nitrogen and oxygen atoms in total. The monoisotopic (exact) mass is 1390 g/mol. The summed E-state index contributed by atoms with van der Waals surface area (Å²) in [5.41, 5.74) is 24.8. The number of rotatable bonds is 17. The first-order valence-electron chi connectivity index (χ1n) is 32.7. The maximum Gasteiger partial charge on any atom is 0.335 e. The molecule has 9 N–H and O–H groups in total. The topological polar surface area (TPSA) is 297 Å². The number of aliphatic hydroxyl groups excluding tert-OH is 1. The van der Waals surface area contributed by atoms with Gasteiger partial charge in [0.1, 0.15) is 46.3 Å². The molecule has 16 rings (SSSR count). The molecule has 6 aromatic carbocycles. The molecule has 102 heavy (non-hydrogen) atoms. The molecule has 4 fully saturated rings. The van der Waals surface area contributed by atoms with Crippen molar-refractivity contribution in [1.29, 1.82) is 0 Å². The van der Waals surface area contributed by atoms with Crippen LogP contribution < -0.4 is 36.7 Å². The molecular weight excluding hydrogens is 1320 g/mol. The van der Waals surface area contributed by atoms with Crippen molar-refractivity contribution in [3.8, 4) is 39.5 Å². The van der Waals surface area contributed by atoms with E-state index in [-0.39, 0.29) is 52.9 Å². The molecule has 0 unspecified atom stereocenters. The molecule has 6 heterocycles. The lowest BCUT2D eigenvalue weighted by atomic mass is 9.99. The van der Waals surface area contributed by atoms with E-state index in [1.165, 1.54) is 81.0 Å². The first-order chi connectivity index (χ1) is 49.2. The fourth-order valence-corrected chi connectivity index (χ4v) is 10.4. The summed E-state index contributed by atoms with van der Waals surface area (Å²) >= 11 is 0. The minimum atomic E-state index is -0.984. The summed E-state index contributed by atoms with van der Waals surface area (Å²) in [6, 6.07) is 30.0. The lowest BCUT2D eigenvalue weighted by Crippen LogP contribution is -2.23. The molecule has 0 radical (unpaired) electrons. The van der Waals surface area contributed by atoms with Crippen molar-refractivity contribution >= 4 is 68.2 Å². The van der Waals surface area contributed by atoms with E-state index in [4.69, 9.17) is 49.7 Å². The van der Waals surface area contributed by atoms with Gasteiger partial charge in [-0.15, -0.1) is 10.2 Å². The van der Waals surface area contributed by atoms with E-state index in [1.54, 1.807) is 80.6 Å². The average Bonchev–Trinajstić information content (AvgIpc) is 1.61. The van der Waals surface area contributed by atoms with Gasteiger partial charge in [0, 0.05) is 73.6 Å². The Balaban J connectivity index is 0.000000135. The Bertz CT molecular complexity index is 5110. The van der Waals surface area contributed by atoms with Crippen LogP contribution in [0.3, 0.4) is 0 Å². The number of nitrogen functional groups attached to an aromatic ring is 2. The van der Waals surface area contributed by atoms with Gasteiger partial charge in [-0.25, -0.2) is 45.5 Å². The normalized spacial score (nSPS) is 13.5. The number of carbonyl (C=O) groups excluding carboxylic acids is 1. The minimum absolute atomic E-state index is 0.139. The minimum Gasteiger partial charge on any atom is -0.504 e. The number of carbonyl (C=O) groups is 2. The van der Waals surface area contributed by atoms with Crippen LogP contribution in [0.2, 0.25) is 0 Å². The Labute approximate surface area is 581 Å². The SMILES string of the molecule is Cn1ncc2c(-c3ccn4nc(N)nc4c3)cc(C(=O)NCc3cc(F)ccc3OCC3CC3)cc21.Cn1ncc2c(-c3ccn4nc(N)nc4c3)cc(C(=O)O)cc21.NCc1cc(F)ccc1OCC1CC1.OCC1CC1.[C-]#[N+]c1cc(F)ccc1F.[C-]#[N+]c1cc(F)ccc1OCC1CC1. The molecule has 0 aliphatic heterocycles. The predicted molar refractivity (Wildman–Crippen MR) is 373 cm³/mol. The number of pyridine rings is 2. The molecule has 28 heteroatoms. The number of carboxylic acids is 1. The summed E-state index contributed by atoms with van der Waals surface area (Å²) in [7, 11) is 3.60. The maximum absolute atomic E-state index is 13.9. The quantitative estimate of drug-likeness (QED) is 0.0365. The second-order valence-electron chi connectivity index (χ2n) is 24.8. The number of halogens is 5. The van der Waals surface area contributed by atoms with Crippen LogP contribution in [0.1, 0.15) is 83.2 Å². The van der Waals surface area contributed by atoms with Crippen molar-refractivity contribution in [2.75, 3.05) is 37.9 Å². The van der Waals surface area contributed by atoms with Gasteiger partial charge in [-0.05, 0) is 219 Å². The number of nitrogens with zero attached hydrogens (tertiary/aromatic N) is 12. The first-order valence-corrected chi connectivity index (χ1v) is 32.7. The van der Waals surface area contributed by atoms with Gasteiger partial charge in [-0.2, -0.15) is 20.2 Å². The Morgan fingerprint density at radius 3 is 1.44 bits per heavy atom. The van der Waals surface area contributed by atoms with Gasteiger partial charge >= 0.3 is 5.97 Å². The zero-order valence-electron chi connectivity index (χ0n) is 55.5. The highest BCUT2D eigenvalue weighted by Gasteiger charge is 2.26. The van der Waals surface area contributed by atoms with Crippen molar-refractivity contribution in [1.82, 2.24) is 54.1 Å². The van der Waals surface area contributed by atoms with E-state index in [9.17, 15) is 36.6 Å². The Morgan fingerprint density at radius 2 is 0.990 bits per heavy atom. The molecule has 6 aromatic heterocycles. The van der Waals surface area contributed by atoms with Crippen molar-refractivity contribution < 1.29 is 56.0 Å². The number of amides is 1. The van der Waals surface area contributed by atoms with Crippen LogP contribution in [0.15, 0.2) is 146 Å². The van der Waals surface area contributed by atoms with E-state index >= 15 is 0 Å². The number of hydrogen-bond acceptors (Lipinski definition) is 15. The number of aromatic nitrogens is 10. The number of ether oxygens (including phenoxy) is 3. The van der Waals surface area contributed by atoms with Gasteiger partial charge in [-0.1, -0.05) is 0 Å². The highest BCUT2D eigenvalue weighted by atomic mass is 19.1. The van der Waals surface area contributed by atoms with Crippen molar-refractivity contribution in [3.63, 3.8) is 0 Å². The van der Waals surface area contributed by atoms with Crippen molar-refractivity contribution in [2.45, 2.75) is 64.5 Å². The first kappa shape index (κ1) is 71.3. The van der Waals surface area contributed by atoms with Crippen molar-refractivity contribution in [3.05, 3.63) is 220 Å². The summed E-state index contributed by atoms with van der Waals surface area (Å²) in [6.07, 6.45) is 16.7. The molecule has 1 amide bonds. The molecular formula is C74H71F5N16O7. The molecule has 0 atom stereocenters. The number of aryl methyl sites for hydroxylation is 2. The second kappa shape index (κ2) is 32.3. The number of hydrogen-bond donors (Lipinski definition) is 6. The third-order valence-corrected chi connectivity index (χ3v) is 16.8. The van der Waals surface area contributed by atoms with E-state index in [0.29, 0.717) is 84.0 Å². The summed E-state index contributed by atoms with van der Waals surface area (Å²) < 4.78 is 87.5.